The molecule has 0 bridgehead atoms. The number of carbonyl (C=O) groups excluding carboxylic acids is 1. The number of rotatable bonds is 4. The van der Waals surface area contributed by atoms with Gasteiger partial charge in [-0.05, 0) is 12.5 Å². The van der Waals surface area contributed by atoms with Gasteiger partial charge in [-0.25, -0.2) is 9.78 Å². The van der Waals surface area contributed by atoms with Crippen molar-refractivity contribution in [1.82, 2.24) is 14.1 Å². The van der Waals surface area contributed by atoms with Gasteiger partial charge in [-0.3, -0.25) is 18.7 Å². The lowest BCUT2D eigenvalue weighted by Gasteiger charge is -2.12. The summed E-state index contributed by atoms with van der Waals surface area (Å²) in [5.74, 6) is -0.329. The van der Waals surface area contributed by atoms with Crippen molar-refractivity contribution in [3.05, 3.63) is 33.1 Å². The first-order valence-corrected chi connectivity index (χ1v) is 6.99. The topological polar surface area (TPSA) is 112 Å². The number of aromatic nitrogens is 3. The molecular weight excluding hydrogens is 286 g/mol. The molecule has 8 heteroatoms. The predicted octanol–water partition coefficient (Wildman–Crippen LogP) is -0.302. The summed E-state index contributed by atoms with van der Waals surface area (Å²) in [7, 11) is 2.93. The Morgan fingerprint density at radius 3 is 2.68 bits per heavy atom. The number of nitrogens with two attached hydrogens (primary N) is 1. The van der Waals surface area contributed by atoms with Crippen LogP contribution in [0.4, 0.5) is 5.69 Å². The molecule has 1 atom stereocenters. The number of hydrogen-bond donors (Lipinski definition) is 2. The van der Waals surface area contributed by atoms with Crippen LogP contribution >= 0.6 is 0 Å². The summed E-state index contributed by atoms with van der Waals surface area (Å²) in [6, 6.07) is 0.893. The van der Waals surface area contributed by atoms with Crippen LogP contribution in [-0.4, -0.2) is 26.1 Å². The fourth-order valence-corrected chi connectivity index (χ4v) is 2.21. The molecule has 118 valence electrons. The van der Waals surface area contributed by atoms with Crippen LogP contribution < -0.4 is 22.3 Å². The van der Waals surface area contributed by atoms with E-state index >= 15 is 0 Å². The van der Waals surface area contributed by atoms with Gasteiger partial charge in [-0.2, -0.15) is 0 Å². The van der Waals surface area contributed by atoms with Gasteiger partial charge in [-0.1, -0.05) is 13.3 Å². The number of carbonyl (C=O) groups is 1. The van der Waals surface area contributed by atoms with Gasteiger partial charge in [0.05, 0.1) is 23.3 Å². The van der Waals surface area contributed by atoms with Crippen molar-refractivity contribution >= 4 is 22.6 Å². The number of fused-ring (bicyclic) bond motifs is 1. The van der Waals surface area contributed by atoms with Gasteiger partial charge in [0.15, 0.2) is 0 Å². The third-order valence-corrected chi connectivity index (χ3v) is 3.50. The summed E-state index contributed by atoms with van der Waals surface area (Å²) in [5.41, 5.74) is 5.47. The van der Waals surface area contributed by atoms with E-state index in [1.165, 1.54) is 30.9 Å². The zero-order valence-corrected chi connectivity index (χ0v) is 12.8. The highest BCUT2D eigenvalue weighted by Gasteiger charge is 2.14. The second kappa shape index (κ2) is 6.10. The number of amides is 1. The minimum Gasteiger partial charge on any atom is -0.323 e. The van der Waals surface area contributed by atoms with E-state index < -0.39 is 17.3 Å². The summed E-state index contributed by atoms with van der Waals surface area (Å²) < 4.78 is 2.28. The first-order chi connectivity index (χ1) is 10.4. The molecule has 0 aliphatic heterocycles. The van der Waals surface area contributed by atoms with E-state index in [0.717, 1.165) is 11.0 Å². The molecule has 0 spiro atoms. The van der Waals surface area contributed by atoms with Crippen LogP contribution in [0.2, 0.25) is 0 Å². The van der Waals surface area contributed by atoms with Crippen molar-refractivity contribution in [2.24, 2.45) is 19.8 Å². The third-order valence-electron chi connectivity index (χ3n) is 3.50. The Balaban J connectivity index is 2.46. The van der Waals surface area contributed by atoms with Crippen molar-refractivity contribution in [1.29, 1.82) is 0 Å². The summed E-state index contributed by atoms with van der Waals surface area (Å²) in [5, 5.41) is 2.89. The second-order valence-corrected chi connectivity index (χ2v) is 5.19. The van der Waals surface area contributed by atoms with Crippen LogP contribution in [0.1, 0.15) is 19.8 Å². The molecule has 0 aromatic carbocycles. The lowest BCUT2D eigenvalue weighted by Crippen LogP contribution is -2.37. The van der Waals surface area contributed by atoms with Crippen LogP contribution in [0, 0.1) is 0 Å². The van der Waals surface area contributed by atoms with Crippen LogP contribution in [0.5, 0.6) is 0 Å². The molecule has 2 heterocycles. The number of pyridine rings is 1. The van der Waals surface area contributed by atoms with Gasteiger partial charge >= 0.3 is 5.69 Å². The third kappa shape index (κ3) is 2.77. The van der Waals surface area contributed by atoms with E-state index in [1.807, 2.05) is 6.92 Å². The van der Waals surface area contributed by atoms with E-state index in [1.54, 1.807) is 0 Å². The highest BCUT2D eigenvalue weighted by Crippen LogP contribution is 2.12. The van der Waals surface area contributed by atoms with Crippen LogP contribution in [-0.2, 0) is 18.9 Å². The molecule has 1 amide bonds. The Labute approximate surface area is 126 Å². The Hall–Kier alpha value is -2.48. The Bertz CT molecular complexity index is 837. The summed E-state index contributed by atoms with van der Waals surface area (Å²) in [4.78, 5) is 40.0. The molecule has 3 N–H and O–H groups in total. The van der Waals surface area contributed by atoms with Gasteiger partial charge in [0.25, 0.3) is 5.56 Å². The summed E-state index contributed by atoms with van der Waals surface area (Å²) in [6.45, 7) is 1.94. The molecule has 0 radical (unpaired) electrons. The van der Waals surface area contributed by atoms with E-state index in [0.29, 0.717) is 12.1 Å². The van der Waals surface area contributed by atoms with Gasteiger partial charge < -0.3 is 11.1 Å². The maximum Gasteiger partial charge on any atom is 0.332 e. The van der Waals surface area contributed by atoms with Gasteiger partial charge in [0, 0.05) is 14.1 Å². The van der Waals surface area contributed by atoms with Crippen molar-refractivity contribution in [2.45, 2.75) is 25.8 Å². The molecule has 0 aliphatic carbocycles. The van der Waals surface area contributed by atoms with Crippen molar-refractivity contribution in [2.75, 3.05) is 5.32 Å². The molecule has 2 aromatic rings. The predicted molar refractivity (Wildman–Crippen MR) is 83.7 cm³/mol. The Kier molecular flexibility index (Phi) is 4.41. The minimum atomic E-state index is -0.608. The molecule has 1 unspecified atom stereocenters. The average molecular weight is 305 g/mol. The van der Waals surface area contributed by atoms with Crippen molar-refractivity contribution in [3.63, 3.8) is 0 Å². The highest BCUT2D eigenvalue weighted by molar-refractivity contribution is 5.95. The SMILES string of the molecule is CCCC(N)C(=O)Nc1cnc2c(c1)c(=O)n(C)c(=O)n2C. The first-order valence-electron chi connectivity index (χ1n) is 6.99. The monoisotopic (exact) mass is 305 g/mol. The number of hydrogen-bond acceptors (Lipinski definition) is 5. The number of aryl methyl sites for hydroxylation is 1. The molecule has 0 saturated carbocycles. The van der Waals surface area contributed by atoms with E-state index in [-0.39, 0.29) is 16.9 Å². The lowest BCUT2D eigenvalue weighted by molar-refractivity contribution is -0.117. The normalized spacial score (nSPS) is 12.4. The minimum absolute atomic E-state index is 0.256. The summed E-state index contributed by atoms with van der Waals surface area (Å²) >= 11 is 0. The standard InChI is InChI=1S/C14H19N5O3/c1-4-5-10(15)12(20)17-8-6-9-11(16-7-8)18(2)14(22)19(3)13(9)21/h6-7,10H,4-5,15H2,1-3H3,(H,17,20). The highest BCUT2D eigenvalue weighted by atomic mass is 16.2. The average Bonchev–Trinajstić information content (AvgIpc) is 2.51. The lowest BCUT2D eigenvalue weighted by atomic mass is 10.1. The van der Waals surface area contributed by atoms with Crippen molar-refractivity contribution in [3.8, 4) is 0 Å². The Morgan fingerprint density at radius 2 is 2.05 bits per heavy atom. The molecule has 22 heavy (non-hydrogen) atoms. The van der Waals surface area contributed by atoms with Gasteiger partial charge in [-0.15, -0.1) is 0 Å². The number of anilines is 1. The molecular formula is C14H19N5O3. The molecule has 0 fully saturated rings. The molecule has 2 aromatic heterocycles. The van der Waals surface area contributed by atoms with Crippen LogP contribution in [0.25, 0.3) is 11.0 Å². The first kappa shape index (κ1) is 15.9. The fraction of sp³-hybridized carbons (Fsp3) is 0.429. The molecule has 8 nitrogen and oxygen atoms in total. The Morgan fingerprint density at radius 1 is 1.36 bits per heavy atom. The number of nitrogens with one attached hydrogen (secondary N) is 1. The van der Waals surface area contributed by atoms with E-state index in [4.69, 9.17) is 5.73 Å². The van der Waals surface area contributed by atoms with Crippen LogP contribution in [0.15, 0.2) is 21.9 Å². The van der Waals surface area contributed by atoms with Gasteiger partial charge in [0.1, 0.15) is 5.65 Å². The smallest absolute Gasteiger partial charge is 0.323 e. The summed E-state index contributed by atoms with van der Waals surface area (Å²) in [6.07, 6.45) is 2.77. The quantitative estimate of drug-likeness (QED) is 0.805. The van der Waals surface area contributed by atoms with Crippen molar-refractivity contribution < 1.29 is 4.79 Å². The van der Waals surface area contributed by atoms with E-state index in [9.17, 15) is 14.4 Å². The second-order valence-electron chi connectivity index (χ2n) is 5.19. The van der Waals surface area contributed by atoms with Gasteiger partial charge in [0.2, 0.25) is 5.91 Å². The number of nitrogens with zero attached hydrogens (tertiary/aromatic N) is 3. The zero-order chi connectivity index (χ0) is 16.4. The molecule has 0 saturated heterocycles. The van der Waals surface area contributed by atoms with E-state index in [2.05, 4.69) is 10.3 Å². The molecule has 2 rings (SSSR count). The largest absolute Gasteiger partial charge is 0.332 e. The maximum absolute atomic E-state index is 12.1. The fourth-order valence-electron chi connectivity index (χ4n) is 2.21. The zero-order valence-electron chi connectivity index (χ0n) is 12.8. The maximum atomic E-state index is 12.1. The molecule has 0 aliphatic rings. The van der Waals surface area contributed by atoms with Crippen LogP contribution in [0.3, 0.4) is 0 Å².